The lowest BCUT2D eigenvalue weighted by Crippen LogP contribution is -2.43. The van der Waals surface area contributed by atoms with E-state index in [9.17, 15) is 0 Å². The Labute approximate surface area is 81.5 Å². The van der Waals surface area contributed by atoms with Crippen molar-refractivity contribution in [3.63, 3.8) is 0 Å². The highest BCUT2D eigenvalue weighted by Crippen LogP contribution is 2.37. The number of hydrogen-bond acceptors (Lipinski definition) is 2. The van der Waals surface area contributed by atoms with Gasteiger partial charge in [0.25, 0.3) is 0 Å². The van der Waals surface area contributed by atoms with Gasteiger partial charge < -0.3 is 5.73 Å². The zero-order chi connectivity index (χ0) is 9.42. The van der Waals surface area contributed by atoms with Crippen LogP contribution in [0.1, 0.15) is 33.1 Å². The fourth-order valence-corrected chi connectivity index (χ4v) is 2.73. The van der Waals surface area contributed by atoms with Crippen molar-refractivity contribution in [2.75, 3.05) is 13.1 Å². The molecule has 0 amide bonds. The molecular formula is C11H22N2. The standard InChI is InChI=1S/C11H22N2/c1-8(2)11(12)7-13-6-9-3-4-10(13)5-9/h8-11H,3-7,12H2,1-2H3. The first-order valence-electron chi connectivity index (χ1n) is 5.66. The number of piperidine rings is 1. The molecule has 2 aliphatic rings. The number of nitrogens with zero attached hydrogens (tertiary/aromatic N) is 1. The SMILES string of the molecule is CC(C)C(N)CN1CC2CCC1C2. The minimum atomic E-state index is 0.374. The van der Waals surface area contributed by atoms with E-state index in [4.69, 9.17) is 5.73 Å². The molecule has 1 saturated heterocycles. The molecule has 3 atom stereocenters. The van der Waals surface area contributed by atoms with Crippen LogP contribution in [0.2, 0.25) is 0 Å². The molecule has 2 nitrogen and oxygen atoms in total. The summed E-state index contributed by atoms with van der Waals surface area (Å²) in [5.41, 5.74) is 6.09. The molecule has 3 unspecified atom stereocenters. The molecule has 1 heterocycles. The number of nitrogens with two attached hydrogens (primary N) is 1. The van der Waals surface area contributed by atoms with Crippen LogP contribution in [0.5, 0.6) is 0 Å². The summed E-state index contributed by atoms with van der Waals surface area (Å²) in [6.07, 6.45) is 4.35. The Morgan fingerprint density at radius 1 is 1.38 bits per heavy atom. The quantitative estimate of drug-likeness (QED) is 0.716. The predicted molar refractivity (Wildman–Crippen MR) is 55.5 cm³/mol. The van der Waals surface area contributed by atoms with E-state index in [-0.39, 0.29) is 0 Å². The normalized spacial score (nSPS) is 36.0. The first-order valence-corrected chi connectivity index (χ1v) is 5.66. The van der Waals surface area contributed by atoms with Gasteiger partial charge in [-0.05, 0) is 31.1 Å². The van der Waals surface area contributed by atoms with Crippen LogP contribution in [0.4, 0.5) is 0 Å². The number of hydrogen-bond donors (Lipinski definition) is 1. The van der Waals surface area contributed by atoms with Gasteiger partial charge in [0.2, 0.25) is 0 Å². The Hall–Kier alpha value is -0.0800. The second-order valence-corrected chi connectivity index (χ2v) is 5.19. The van der Waals surface area contributed by atoms with Gasteiger partial charge in [0, 0.05) is 25.2 Å². The van der Waals surface area contributed by atoms with Crippen LogP contribution in [0, 0.1) is 11.8 Å². The monoisotopic (exact) mass is 182 g/mol. The molecule has 2 fully saturated rings. The lowest BCUT2D eigenvalue weighted by molar-refractivity contribution is 0.189. The van der Waals surface area contributed by atoms with Gasteiger partial charge in [-0.3, -0.25) is 4.90 Å². The smallest absolute Gasteiger partial charge is 0.0191 e. The summed E-state index contributed by atoms with van der Waals surface area (Å²) < 4.78 is 0. The minimum Gasteiger partial charge on any atom is -0.326 e. The van der Waals surface area contributed by atoms with E-state index in [1.807, 2.05) is 0 Å². The molecule has 0 radical (unpaired) electrons. The Kier molecular flexibility index (Phi) is 2.61. The van der Waals surface area contributed by atoms with Gasteiger partial charge in [-0.15, -0.1) is 0 Å². The Morgan fingerprint density at radius 3 is 2.62 bits per heavy atom. The molecule has 0 spiro atoms. The summed E-state index contributed by atoms with van der Waals surface area (Å²) in [5, 5.41) is 0. The summed E-state index contributed by atoms with van der Waals surface area (Å²) in [6.45, 7) is 6.89. The van der Waals surface area contributed by atoms with Gasteiger partial charge in [-0.2, -0.15) is 0 Å². The first kappa shape index (κ1) is 9.47. The average molecular weight is 182 g/mol. The van der Waals surface area contributed by atoms with Gasteiger partial charge >= 0.3 is 0 Å². The highest BCUT2D eigenvalue weighted by molar-refractivity contribution is 4.93. The Bertz CT molecular complexity index is 179. The predicted octanol–water partition coefficient (Wildman–Crippen LogP) is 1.45. The molecule has 76 valence electrons. The van der Waals surface area contributed by atoms with Crippen LogP contribution in [-0.2, 0) is 0 Å². The van der Waals surface area contributed by atoms with Crippen LogP contribution >= 0.6 is 0 Å². The van der Waals surface area contributed by atoms with Crippen LogP contribution in [0.15, 0.2) is 0 Å². The molecule has 0 aromatic heterocycles. The van der Waals surface area contributed by atoms with E-state index < -0.39 is 0 Å². The van der Waals surface area contributed by atoms with E-state index in [1.54, 1.807) is 0 Å². The topological polar surface area (TPSA) is 29.3 Å². The number of fused-ring (bicyclic) bond motifs is 2. The minimum absolute atomic E-state index is 0.374. The summed E-state index contributed by atoms with van der Waals surface area (Å²) in [7, 11) is 0. The molecule has 2 rings (SSSR count). The molecule has 1 aliphatic heterocycles. The van der Waals surface area contributed by atoms with Crippen molar-refractivity contribution in [2.45, 2.75) is 45.2 Å². The molecule has 0 aromatic rings. The van der Waals surface area contributed by atoms with E-state index in [0.29, 0.717) is 12.0 Å². The molecule has 2 heteroatoms. The first-order chi connectivity index (χ1) is 6.16. The zero-order valence-electron chi connectivity index (χ0n) is 8.87. The molecule has 13 heavy (non-hydrogen) atoms. The van der Waals surface area contributed by atoms with Gasteiger partial charge in [-0.25, -0.2) is 0 Å². The van der Waals surface area contributed by atoms with E-state index >= 15 is 0 Å². The summed E-state index contributed by atoms with van der Waals surface area (Å²) >= 11 is 0. The van der Waals surface area contributed by atoms with Crippen molar-refractivity contribution in [1.82, 2.24) is 4.90 Å². The Balaban J connectivity index is 1.83. The van der Waals surface area contributed by atoms with E-state index in [2.05, 4.69) is 18.7 Å². The van der Waals surface area contributed by atoms with Crippen molar-refractivity contribution in [3.8, 4) is 0 Å². The molecule has 1 saturated carbocycles. The third-order valence-corrected chi connectivity index (χ3v) is 3.82. The van der Waals surface area contributed by atoms with E-state index in [0.717, 1.165) is 18.5 Å². The second-order valence-electron chi connectivity index (χ2n) is 5.19. The maximum absolute atomic E-state index is 6.09. The van der Waals surface area contributed by atoms with Crippen LogP contribution < -0.4 is 5.73 Å². The number of rotatable bonds is 3. The largest absolute Gasteiger partial charge is 0.326 e. The van der Waals surface area contributed by atoms with Crippen molar-refractivity contribution in [3.05, 3.63) is 0 Å². The molecule has 2 N–H and O–H groups in total. The van der Waals surface area contributed by atoms with Crippen LogP contribution in [-0.4, -0.2) is 30.1 Å². The van der Waals surface area contributed by atoms with Gasteiger partial charge in [0.1, 0.15) is 0 Å². The Morgan fingerprint density at radius 2 is 2.15 bits per heavy atom. The van der Waals surface area contributed by atoms with Crippen LogP contribution in [0.25, 0.3) is 0 Å². The molecule has 2 bridgehead atoms. The highest BCUT2D eigenvalue weighted by atomic mass is 15.2. The van der Waals surface area contributed by atoms with Crippen molar-refractivity contribution < 1.29 is 0 Å². The van der Waals surface area contributed by atoms with Gasteiger partial charge in [0.05, 0.1) is 0 Å². The maximum Gasteiger partial charge on any atom is 0.0191 e. The van der Waals surface area contributed by atoms with Crippen molar-refractivity contribution >= 4 is 0 Å². The lowest BCUT2D eigenvalue weighted by atomic mass is 10.0. The summed E-state index contributed by atoms with van der Waals surface area (Å²) in [5.74, 6) is 1.63. The fraction of sp³-hybridized carbons (Fsp3) is 1.00. The zero-order valence-corrected chi connectivity index (χ0v) is 8.87. The molecule has 0 aromatic carbocycles. The number of likely N-dealkylation sites (tertiary alicyclic amines) is 1. The fourth-order valence-electron chi connectivity index (χ4n) is 2.73. The third-order valence-electron chi connectivity index (χ3n) is 3.82. The summed E-state index contributed by atoms with van der Waals surface area (Å²) in [6, 6.07) is 1.26. The molecule has 1 aliphatic carbocycles. The third kappa shape index (κ3) is 1.89. The van der Waals surface area contributed by atoms with Crippen molar-refractivity contribution in [1.29, 1.82) is 0 Å². The van der Waals surface area contributed by atoms with Crippen molar-refractivity contribution in [2.24, 2.45) is 17.6 Å². The van der Waals surface area contributed by atoms with E-state index in [1.165, 1.54) is 25.8 Å². The average Bonchev–Trinajstić information content (AvgIpc) is 2.64. The molecular weight excluding hydrogens is 160 g/mol. The maximum atomic E-state index is 6.09. The second kappa shape index (κ2) is 3.58. The van der Waals surface area contributed by atoms with Gasteiger partial charge in [0.15, 0.2) is 0 Å². The highest BCUT2D eigenvalue weighted by Gasteiger charge is 2.38. The van der Waals surface area contributed by atoms with Crippen LogP contribution in [0.3, 0.4) is 0 Å². The van der Waals surface area contributed by atoms with Gasteiger partial charge in [-0.1, -0.05) is 13.8 Å². The summed E-state index contributed by atoms with van der Waals surface area (Å²) in [4.78, 5) is 2.62. The lowest BCUT2D eigenvalue weighted by Gasteiger charge is -2.30.